The first kappa shape index (κ1) is 12.5. The maximum atomic E-state index is 10.8. The van der Waals surface area contributed by atoms with Crippen molar-refractivity contribution in [2.24, 2.45) is 0 Å². The van der Waals surface area contributed by atoms with Crippen LogP contribution in [0.3, 0.4) is 0 Å². The fourth-order valence-electron chi connectivity index (χ4n) is 1.54. The zero-order valence-corrected chi connectivity index (χ0v) is 9.56. The Kier molecular flexibility index (Phi) is 4.73. The number of hydrogen-bond acceptors (Lipinski definition) is 3. The van der Waals surface area contributed by atoms with E-state index in [1.165, 1.54) is 0 Å². The molecule has 3 heteroatoms. The molecule has 0 fully saturated rings. The van der Waals surface area contributed by atoms with E-state index < -0.39 is 0 Å². The average molecular weight is 220 g/mol. The molecule has 0 saturated carbocycles. The quantitative estimate of drug-likeness (QED) is 0.610. The summed E-state index contributed by atoms with van der Waals surface area (Å²) >= 11 is 0. The molecule has 0 unspecified atom stereocenters. The van der Waals surface area contributed by atoms with Crippen molar-refractivity contribution in [3.05, 3.63) is 35.4 Å². The standard InChI is InChI=1S/C13H16O3/c1-10(9-15)13(7-8-14)11-3-5-12(16-2)6-4-11/h3-6,9,14H,7-8H2,1-2H3/b13-10-. The third-order valence-corrected chi connectivity index (χ3v) is 2.45. The highest BCUT2D eigenvalue weighted by Crippen LogP contribution is 2.23. The van der Waals surface area contributed by atoms with Crippen LogP contribution in [0.15, 0.2) is 29.8 Å². The predicted molar refractivity (Wildman–Crippen MR) is 63.4 cm³/mol. The second kappa shape index (κ2) is 6.08. The summed E-state index contributed by atoms with van der Waals surface area (Å²) in [7, 11) is 1.61. The number of benzene rings is 1. The number of methoxy groups -OCH3 is 1. The highest BCUT2D eigenvalue weighted by Gasteiger charge is 2.05. The van der Waals surface area contributed by atoms with E-state index in [0.29, 0.717) is 12.0 Å². The van der Waals surface area contributed by atoms with Gasteiger partial charge >= 0.3 is 0 Å². The average Bonchev–Trinajstić information content (AvgIpc) is 2.35. The number of aliphatic hydroxyl groups excluding tert-OH is 1. The molecular formula is C13H16O3. The third kappa shape index (κ3) is 2.94. The summed E-state index contributed by atoms with van der Waals surface area (Å²) in [6.07, 6.45) is 1.30. The molecule has 0 aliphatic rings. The highest BCUT2D eigenvalue weighted by atomic mass is 16.5. The molecule has 0 heterocycles. The van der Waals surface area contributed by atoms with Gasteiger partial charge in [0.05, 0.1) is 7.11 Å². The van der Waals surface area contributed by atoms with Gasteiger partial charge in [-0.25, -0.2) is 0 Å². The van der Waals surface area contributed by atoms with Crippen molar-refractivity contribution in [1.29, 1.82) is 0 Å². The lowest BCUT2D eigenvalue weighted by Crippen LogP contribution is -1.94. The third-order valence-electron chi connectivity index (χ3n) is 2.45. The zero-order chi connectivity index (χ0) is 12.0. The summed E-state index contributed by atoms with van der Waals surface area (Å²) in [6, 6.07) is 7.45. The molecule has 0 aromatic heterocycles. The van der Waals surface area contributed by atoms with Gasteiger partial charge < -0.3 is 9.84 Å². The maximum Gasteiger partial charge on any atom is 0.146 e. The highest BCUT2D eigenvalue weighted by molar-refractivity contribution is 5.87. The molecule has 86 valence electrons. The normalized spacial score (nSPS) is 11.9. The number of carbonyl (C=O) groups excluding carboxylic acids is 1. The SMILES string of the molecule is COc1ccc(/C(CCO)=C(/C)C=O)cc1. The molecule has 1 aromatic carbocycles. The Labute approximate surface area is 95.4 Å². The topological polar surface area (TPSA) is 46.5 Å². The van der Waals surface area contributed by atoms with Gasteiger partial charge in [-0.1, -0.05) is 12.1 Å². The van der Waals surface area contributed by atoms with Crippen molar-refractivity contribution in [1.82, 2.24) is 0 Å². The summed E-state index contributed by atoms with van der Waals surface area (Å²) in [6.45, 7) is 1.79. The van der Waals surface area contributed by atoms with E-state index in [9.17, 15) is 4.79 Å². The lowest BCUT2D eigenvalue weighted by atomic mass is 9.98. The first-order valence-corrected chi connectivity index (χ1v) is 5.13. The van der Waals surface area contributed by atoms with Crippen LogP contribution in [-0.2, 0) is 4.79 Å². The van der Waals surface area contributed by atoms with E-state index in [4.69, 9.17) is 9.84 Å². The number of aldehydes is 1. The molecule has 16 heavy (non-hydrogen) atoms. The largest absolute Gasteiger partial charge is 0.497 e. The Morgan fingerprint density at radius 3 is 2.44 bits per heavy atom. The number of carbonyl (C=O) groups is 1. The van der Waals surface area contributed by atoms with Crippen molar-refractivity contribution in [2.45, 2.75) is 13.3 Å². The zero-order valence-electron chi connectivity index (χ0n) is 9.56. The van der Waals surface area contributed by atoms with Crippen LogP contribution in [0, 0.1) is 0 Å². The second-order valence-corrected chi connectivity index (χ2v) is 3.48. The van der Waals surface area contributed by atoms with Crippen LogP contribution >= 0.6 is 0 Å². The van der Waals surface area contributed by atoms with Gasteiger partial charge in [0.25, 0.3) is 0 Å². The van der Waals surface area contributed by atoms with E-state index in [0.717, 1.165) is 23.2 Å². The van der Waals surface area contributed by atoms with Crippen molar-refractivity contribution in [2.75, 3.05) is 13.7 Å². The van der Waals surface area contributed by atoms with Crippen LogP contribution in [0.4, 0.5) is 0 Å². The predicted octanol–water partition coefficient (Wildman–Crippen LogP) is 2.05. The van der Waals surface area contributed by atoms with E-state index in [1.807, 2.05) is 24.3 Å². The van der Waals surface area contributed by atoms with Crippen LogP contribution in [0.1, 0.15) is 18.9 Å². The van der Waals surface area contributed by atoms with Gasteiger partial charge in [0.2, 0.25) is 0 Å². The minimum atomic E-state index is 0.0343. The summed E-state index contributed by atoms with van der Waals surface area (Å²) in [5, 5.41) is 8.97. The van der Waals surface area contributed by atoms with Crippen LogP contribution < -0.4 is 4.74 Å². The van der Waals surface area contributed by atoms with E-state index >= 15 is 0 Å². The molecule has 1 rings (SSSR count). The van der Waals surface area contributed by atoms with Crippen molar-refractivity contribution >= 4 is 11.9 Å². The molecule has 0 spiro atoms. The lowest BCUT2D eigenvalue weighted by Gasteiger charge is -2.09. The Morgan fingerprint density at radius 1 is 1.38 bits per heavy atom. The van der Waals surface area contributed by atoms with Gasteiger partial charge in [0.15, 0.2) is 0 Å². The Hall–Kier alpha value is -1.61. The van der Waals surface area contributed by atoms with Gasteiger partial charge in [0.1, 0.15) is 12.0 Å². The Bertz CT molecular complexity index is 377. The van der Waals surface area contributed by atoms with Crippen molar-refractivity contribution < 1.29 is 14.6 Å². The van der Waals surface area contributed by atoms with Crippen molar-refractivity contribution in [3.63, 3.8) is 0 Å². The van der Waals surface area contributed by atoms with E-state index in [-0.39, 0.29) is 6.61 Å². The molecule has 0 bridgehead atoms. The van der Waals surface area contributed by atoms with Crippen LogP contribution in [-0.4, -0.2) is 25.1 Å². The van der Waals surface area contributed by atoms with Crippen LogP contribution in [0.2, 0.25) is 0 Å². The number of rotatable bonds is 5. The number of hydrogen-bond donors (Lipinski definition) is 1. The van der Waals surface area contributed by atoms with Gasteiger partial charge in [-0.15, -0.1) is 0 Å². The molecule has 0 atom stereocenters. The molecule has 0 aliphatic heterocycles. The molecule has 0 saturated heterocycles. The van der Waals surface area contributed by atoms with Crippen LogP contribution in [0.25, 0.3) is 5.57 Å². The molecule has 0 amide bonds. The molecule has 3 nitrogen and oxygen atoms in total. The number of ether oxygens (including phenoxy) is 1. The fourth-order valence-corrected chi connectivity index (χ4v) is 1.54. The molecule has 0 aliphatic carbocycles. The van der Waals surface area contributed by atoms with Crippen molar-refractivity contribution in [3.8, 4) is 5.75 Å². The van der Waals surface area contributed by atoms with Gasteiger partial charge in [-0.2, -0.15) is 0 Å². The summed E-state index contributed by atoms with van der Waals surface area (Å²) in [5.74, 6) is 0.774. The molecular weight excluding hydrogens is 204 g/mol. The van der Waals surface area contributed by atoms with Gasteiger partial charge in [0, 0.05) is 6.61 Å². The minimum Gasteiger partial charge on any atom is -0.497 e. The Morgan fingerprint density at radius 2 is 2.00 bits per heavy atom. The number of aliphatic hydroxyl groups is 1. The molecule has 1 N–H and O–H groups in total. The first-order valence-electron chi connectivity index (χ1n) is 5.13. The first-order chi connectivity index (χ1) is 7.72. The molecule has 0 radical (unpaired) electrons. The monoisotopic (exact) mass is 220 g/mol. The van der Waals surface area contributed by atoms with Gasteiger partial charge in [-0.05, 0) is 42.2 Å². The lowest BCUT2D eigenvalue weighted by molar-refractivity contribution is -0.104. The fraction of sp³-hybridized carbons (Fsp3) is 0.308. The maximum absolute atomic E-state index is 10.8. The minimum absolute atomic E-state index is 0.0343. The number of allylic oxidation sites excluding steroid dienone is 1. The summed E-state index contributed by atoms with van der Waals surface area (Å²) < 4.78 is 5.06. The summed E-state index contributed by atoms with van der Waals surface area (Å²) in [5.41, 5.74) is 2.47. The van der Waals surface area contributed by atoms with Gasteiger partial charge in [-0.3, -0.25) is 4.79 Å². The van der Waals surface area contributed by atoms with E-state index in [2.05, 4.69) is 0 Å². The Balaban J connectivity index is 3.07. The molecule has 1 aromatic rings. The van der Waals surface area contributed by atoms with E-state index in [1.54, 1.807) is 14.0 Å². The summed E-state index contributed by atoms with van der Waals surface area (Å²) in [4.78, 5) is 10.8. The second-order valence-electron chi connectivity index (χ2n) is 3.48. The van der Waals surface area contributed by atoms with Crippen LogP contribution in [0.5, 0.6) is 5.75 Å². The smallest absolute Gasteiger partial charge is 0.146 e.